The second-order valence-electron chi connectivity index (χ2n) is 6.60. The minimum Gasteiger partial charge on any atom is -0.495 e. The van der Waals surface area contributed by atoms with Gasteiger partial charge in [0.15, 0.2) is 0 Å². The lowest BCUT2D eigenvalue weighted by atomic mass is 10.1. The summed E-state index contributed by atoms with van der Waals surface area (Å²) in [5.41, 5.74) is 9.24. The highest BCUT2D eigenvalue weighted by Crippen LogP contribution is 2.25. The molecule has 3 rings (SSSR count). The Morgan fingerprint density at radius 1 is 0.964 bits per heavy atom. The Bertz CT molecular complexity index is 913. The van der Waals surface area contributed by atoms with E-state index in [0.717, 1.165) is 18.7 Å². The Hall–Kier alpha value is -3.19. The molecule has 2 aromatic carbocycles. The topological polar surface area (TPSA) is 89.2 Å². The number of nitrogens with one attached hydrogen (secondary N) is 1. The molecule has 0 aliphatic rings. The average Bonchev–Trinajstić information content (AvgIpc) is 2.68. The van der Waals surface area contributed by atoms with Gasteiger partial charge in [-0.1, -0.05) is 43.3 Å². The van der Waals surface area contributed by atoms with Crippen LogP contribution in [0.1, 0.15) is 23.9 Å². The normalized spacial score (nSPS) is 10.9. The highest BCUT2D eigenvalue weighted by atomic mass is 16.5. The summed E-state index contributed by atoms with van der Waals surface area (Å²) in [5, 5.41) is 3.15. The van der Waals surface area contributed by atoms with Crippen LogP contribution in [-0.2, 0) is 19.5 Å². The SMILES string of the molecule is CCc1ccc(CN(C)Cc2nc(N)nc(Nc3ccccc3OC)n2)cc1. The van der Waals surface area contributed by atoms with Crippen molar-refractivity contribution in [1.29, 1.82) is 0 Å². The number of nitrogens with zero attached hydrogens (tertiary/aromatic N) is 4. The lowest BCUT2D eigenvalue weighted by Gasteiger charge is -2.17. The third kappa shape index (κ3) is 5.17. The molecule has 0 atom stereocenters. The van der Waals surface area contributed by atoms with Crippen molar-refractivity contribution in [3.05, 3.63) is 65.5 Å². The zero-order valence-electron chi connectivity index (χ0n) is 16.5. The molecule has 28 heavy (non-hydrogen) atoms. The van der Waals surface area contributed by atoms with Gasteiger partial charge in [-0.2, -0.15) is 15.0 Å². The van der Waals surface area contributed by atoms with Gasteiger partial charge in [-0.15, -0.1) is 0 Å². The maximum atomic E-state index is 5.89. The van der Waals surface area contributed by atoms with E-state index in [-0.39, 0.29) is 5.95 Å². The first-order valence-corrected chi connectivity index (χ1v) is 9.24. The Kier molecular flexibility index (Phi) is 6.39. The van der Waals surface area contributed by atoms with Crippen LogP contribution in [0.5, 0.6) is 5.75 Å². The molecule has 3 aromatic rings. The fourth-order valence-electron chi connectivity index (χ4n) is 2.92. The number of aryl methyl sites for hydroxylation is 1. The van der Waals surface area contributed by atoms with Crippen LogP contribution < -0.4 is 15.8 Å². The van der Waals surface area contributed by atoms with E-state index in [1.54, 1.807) is 7.11 Å². The predicted octanol–water partition coefficient (Wildman–Crippen LogP) is 3.40. The fraction of sp³-hybridized carbons (Fsp3) is 0.286. The van der Waals surface area contributed by atoms with Gasteiger partial charge in [-0.25, -0.2) is 0 Å². The summed E-state index contributed by atoms with van der Waals surface area (Å²) in [6.45, 7) is 3.51. The number of hydrogen-bond acceptors (Lipinski definition) is 7. The average molecular weight is 378 g/mol. The molecule has 0 spiro atoms. The standard InChI is InChI=1S/C21H26N6O/c1-4-15-9-11-16(12-10-15)13-27(2)14-19-24-20(22)26-21(25-19)23-17-7-5-6-8-18(17)28-3/h5-12H,4,13-14H2,1-3H3,(H3,22,23,24,25,26). The number of para-hydroxylation sites is 2. The summed E-state index contributed by atoms with van der Waals surface area (Å²) in [6, 6.07) is 16.2. The van der Waals surface area contributed by atoms with Crippen molar-refractivity contribution in [3.63, 3.8) is 0 Å². The van der Waals surface area contributed by atoms with Crippen LogP contribution in [0.15, 0.2) is 48.5 Å². The van der Waals surface area contributed by atoms with E-state index in [0.29, 0.717) is 24.1 Å². The first-order valence-electron chi connectivity index (χ1n) is 9.24. The Balaban J connectivity index is 1.70. The molecule has 146 valence electrons. The second kappa shape index (κ2) is 9.14. The van der Waals surface area contributed by atoms with E-state index in [2.05, 4.69) is 56.4 Å². The number of nitrogen functional groups attached to an aromatic ring is 1. The van der Waals surface area contributed by atoms with Crippen molar-refractivity contribution in [2.24, 2.45) is 0 Å². The molecule has 0 saturated heterocycles. The molecule has 0 unspecified atom stereocenters. The van der Waals surface area contributed by atoms with Crippen LogP contribution in [0.25, 0.3) is 0 Å². The largest absolute Gasteiger partial charge is 0.495 e. The molecule has 7 heteroatoms. The number of nitrogens with two attached hydrogens (primary N) is 1. The van der Waals surface area contributed by atoms with Crippen molar-refractivity contribution >= 4 is 17.6 Å². The van der Waals surface area contributed by atoms with E-state index >= 15 is 0 Å². The predicted molar refractivity (Wildman–Crippen MR) is 112 cm³/mol. The molecule has 0 saturated carbocycles. The van der Waals surface area contributed by atoms with E-state index in [1.165, 1.54) is 11.1 Å². The molecular formula is C21H26N6O. The number of benzene rings is 2. The van der Waals surface area contributed by atoms with Crippen LogP contribution in [0.4, 0.5) is 17.6 Å². The summed E-state index contributed by atoms with van der Waals surface area (Å²) in [5.74, 6) is 1.89. The van der Waals surface area contributed by atoms with Crippen molar-refractivity contribution < 1.29 is 4.74 Å². The first kappa shape index (κ1) is 19.6. The van der Waals surface area contributed by atoms with Crippen LogP contribution >= 0.6 is 0 Å². The molecular weight excluding hydrogens is 352 g/mol. The molecule has 1 heterocycles. The summed E-state index contributed by atoms with van der Waals surface area (Å²) in [6.07, 6.45) is 1.04. The molecule has 7 nitrogen and oxygen atoms in total. The van der Waals surface area contributed by atoms with Crippen LogP contribution in [0.3, 0.4) is 0 Å². The highest BCUT2D eigenvalue weighted by Gasteiger charge is 2.10. The van der Waals surface area contributed by atoms with Gasteiger partial charge >= 0.3 is 0 Å². The summed E-state index contributed by atoms with van der Waals surface area (Å²) in [4.78, 5) is 15.1. The van der Waals surface area contributed by atoms with Gasteiger partial charge in [0.2, 0.25) is 11.9 Å². The highest BCUT2D eigenvalue weighted by molar-refractivity contribution is 5.62. The minimum absolute atomic E-state index is 0.183. The second-order valence-corrected chi connectivity index (χ2v) is 6.60. The van der Waals surface area contributed by atoms with Crippen molar-refractivity contribution in [1.82, 2.24) is 19.9 Å². The lowest BCUT2D eigenvalue weighted by Crippen LogP contribution is -2.20. The Morgan fingerprint density at radius 2 is 1.68 bits per heavy atom. The molecule has 0 aliphatic carbocycles. The number of methoxy groups -OCH3 is 1. The maximum Gasteiger partial charge on any atom is 0.232 e. The number of ether oxygens (including phenoxy) is 1. The van der Waals surface area contributed by atoms with Gasteiger partial charge < -0.3 is 15.8 Å². The lowest BCUT2D eigenvalue weighted by molar-refractivity contribution is 0.310. The van der Waals surface area contributed by atoms with Crippen molar-refractivity contribution in [2.45, 2.75) is 26.4 Å². The molecule has 1 aromatic heterocycles. The molecule has 0 radical (unpaired) electrons. The zero-order chi connectivity index (χ0) is 19.9. The molecule has 0 bridgehead atoms. The monoisotopic (exact) mass is 378 g/mol. The van der Waals surface area contributed by atoms with E-state index < -0.39 is 0 Å². The minimum atomic E-state index is 0.183. The van der Waals surface area contributed by atoms with Gasteiger partial charge in [0.25, 0.3) is 0 Å². The third-order valence-electron chi connectivity index (χ3n) is 4.35. The van der Waals surface area contributed by atoms with Gasteiger partial charge in [-0.3, -0.25) is 4.90 Å². The first-order chi connectivity index (χ1) is 13.6. The molecule has 3 N–H and O–H groups in total. The maximum absolute atomic E-state index is 5.89. The summed E-state index contributed by atoms with van der Waals surface area (Å²) < 4.78 is 5.35. The van der Waals surface area contributed by atoms with Gasteiger partial charge in [-0.05, 0) is 36.7 Å². The van der Waals surface area contributed by atoms with E-state index in [4.69, 9.17) is 10.5 Å². The summed E-state index contributed by atoms with van der Waals surface area (Å²) >= 11 is 0. The van der Waals surface area contributed by atoms with Crippen molar-refractivity contribution in [3.8, 4) is 5.75 Å². The Labute approximate surface area is 165 Å². The van der Waals surface area contributed by atoms with Crippen molar-refractivity contribution in [2.75, 3.05) is 25.2 Å². The summed E-state index contributed by atoms with van der Waals surface area (Å²) in [7, 11) is 3.65. The van der Waals surface area contributed by atoms with E-state index in [9.17, 15) is 0 Å². The van der Waals surface area contributed by atoms with Gasteiger partial charge in [0.05, 0.1) is 19.3 Å². The van der Waals surface area contributed by atoms with Gasteiger partial charge in [0.1, 0.15) is 11.6 Å². The van der Waals surface area contributed by atoms with Gasteiger partial charge in [0, 0.05) is 6.54 Å². The third-order valence-corrected chi connectivity index (χ3v) is 4.35. The molecule has 0 fully saturated rings. The van der Waals surface area contributed by atoms with E-state index in [1.807, 2.05) is 31.3 Å². The molecule has 0 aliphatic heterocycles. The number of anilines is 3. The zero-order valence-corrected chi connectivity index (χ0v) is 16.5. The van der Waals surface area contributed by atoms with Crippen LogP contribution in [0.2, 0.25) is 0 Å². The number of hydrogen-bond donors (Lipinski definition) is 2. The number of rotatable bonds is 8. The smallest absolute Gasteiger partial charge is 0.232 e. The fourth-order valence-corrected chi connectivity index (χ4v) is 2.92. The van der Waals surface area contributed by atoms with Crippen LogP contribution in [0, 0.1) is 0 Å². The number of aromatic nitrogens is 3. The van der Waals surface area contributed by atoms with Crippen LogP contribution in [-0.4, -0.2) is 34.0 Å². The molecule has 0 amide bonds. The quantitative estimate of drug-likeness (QED) is 0.621. The Morgan fingerprint density at radius 3 is 2.39 bits per heavy atom.